The van der Waals surface area contributed by atoms with Gasteiger partial charge in [0.15, 0.2) is 11.5 Å². The van der Waals surface area contributed by atoms with Gasteiger partial charge in [0, 0.05) is 29.2 Å². The van der Waals surface area contributed by atoms with Gasteiger partial charge in [0.2, 0.25) is 5.91 Å². The van der Waals surface area contributed by atoms with Crippen LogP contribution in [0, 0.1) is 0 Å². The largest absolute Gasteiger partial charge is 0.490 e. The van der Waals surface area contributed by atoms with Crippen LogP contribution in [0.1, 0.15) is 18.4 Å². The zero-order valence-corrected chi connectivity index (χ0v) is 15.6. The summed E-state index contributed by atoms with van der Waals surface area (Å²) in [4.78, 5) is 24.1. The van der Waals surface area contributed by atoms with Crippen molar-refractivity contribution in [2.45, 2.75) is 24.2 Å². The maximum atomic E-state index is 12.2. The number of hydrogen-bond donors (Lipinski definition) is 2. The summed E-state index contributed by atoms with van der Waals surface area (Å²) in [6.07, 6.45) is 1.06. The molecule has 27 heavy (non-hydrogen) atoms. The van der Waals surface area contributed by atoms with Crippen molar-refractivity contribution < 1.29 is 24.2 Å². The van der Waals surface area contributed by atoms with E-state index in [0.29, 0.717) is 36.6 Å². The molecule has 0 aliphatic carbocycles. The summed E-state index contributed by atoms with van der Waals surface area (Å²) in [5, 5.41) is 11.8. The van der Waals surface area contributed by atoms with Gasteiger partial charge >= 0.3 is 5.97 Å². The Morgan fingerprint density at radius 1 is 1.07 bits per heavy atom. The molecule has 7 heteroatoms. The first-order valence-corrected chi connectivity index (χ1v) is 9.72. The minimum Gasteiger partial charge on any atom is -0.490 e. The van der Waals surface area contributed by atoms with Crippen LogP contribution in [0.25, 0.3) is 0 Å². The molecule has 0 bridgehead atoms. The van der Waals surface area contributed by atoms with E-state index in [9.17, 15) is 9.59 Å². The molecule has 1 aliphatic heterocycles. The number of fused-ring (bicyclic) bond motifs is 1. The monoisotopic (exact) mass is 387 g/mol. The third kappa shape index (κ3) is 5.65. The standard InChI is InChI=1S/C20H21NO5S/c22-19(21-16-5-2-1-4-14(16)12-20(23)24)8-11-27-15-6-7-17-18(13-15)26-10-3-9-25-17/h1-2,4-7,13H,3,8-12H2,(H,21,22)(H,23,24). The molecule has 1 aliphatic rings. The minimum atomic E-state index is -0.929. The molecule has 0 fully saturated rings. The number of thioether (sulfide) groups is 1. The van der Waals surface area contributed by atoms with Gasteiger partial charge in [-0.1, -0.05) is 18.2 Å². The normalized spacial score (nSPS) is 12.9. The van der Waals surface area contributed by atoms with Gasteiger partial charge in [0.25, 0.3) is 0 Å². The summed E-state index contributed by atoms with van der Waals surface area (Å²) >= 11 is 1.56. The molecule has 6 nitrogen and oxygen atoms in total. The number of carboxylic acid groups (broad SMARTS) is 1. The second kappa shape index (κ2) is 9.32. The van der Waals surface area contributed by atoms with Crippen molar-refractivity contribution in [2.24, 2.45) is 0 Å². The van der Waals surface area contributed by atoms with Gasteiger partial charge in [0.05, 0.1) is 19.6 Å². The summed E-state index contributed by atoms with van der Waals surface area (Å²) in [6, 6.07) is 12.7. The summed E-state index contributed by atoms with van der Waals surface area (Å²) in [6.45, 7) is 1.29. The fraction of sp³-hybridized carbons (Fsp3) is 0.300. The molecular formula is C20H21NO5S. The molecule has 2 aromatic carbocycles. The predicted octanol–water partition coefficient (Wildman–Crippen LogP) is 3.60. The molecule has 1 heterocycles. The Labute approximate surface area is 161 Å². The molecule has 0 saturated carbocycles. The lowest BCUT2D eigenvalue weighted by Gasteiger charge is -2.10. The third-order valence-corrected chi connectivity index (χ3v) is 4.95. The number of nitrogens with one attached hydrogen (secondary N) is 1. The molecular weight excluding hydrogens is 366 g/mol. The van der Waals surface area contributed by atoms with Crippen LogP contribution in [-0.4, -0.2) is 35.9 Å². The number of rotatable bonds is 7. The van der Waals surface area contributed by atoms with Gasteiger partial charge in [0.1, 0.15) is 0 Å². The van der Waals surface area contributed by atoms with Crippen LogP contribution in [0.2, 0.25) is 0 Å². The van der Waals surface area contributed by atoms with Crippen LogP contribution in [0.5, 0.6) is 11.5 Å². The molecule has 142 valence electrons. The predicted molar refractivity (Wildman–Crippen MR) is 104 cm³/mol. The van der Waals surface area contributed by atoms with E-state index in [2.05, 4.69) is 5.32 Å². The van der Waals surface area contributed by atoms with Crippen LogP contribution >= 0.6 is 11.8 Å². The summed E-state index contributed by atoms with van der Waals surface area (Å²) in [7, 11) is 0. The average Bonchev–Trinajstić information content (AvgIpc) is 2.88. The Bertz CT molecular complexity index is 824. The van der Waals surface area contributed by atoms with E-state index < -0.39 is 5.97 Å². The van der Waals surface area contributed by atoms with E-state index in [4.69, 9.17) is 14.6 Å². The number of carbonyl (C=O) groups excluding carboxylic acids is 1. The zero-order valence-electron chi connectivity index (χ0n) is 14.8. The maximum Gasteiger partial charge on any atom is 0.307 e. The fourth-order valence-corrected chi connectivity index (χ4v) is 3.54. The Balaban J connectivity index is 1.52. The number of para-hydroxylation sites is 1. The van der Waals surface area contributed by atoms with Crippen molar-refractivity contribution in [1.29, 1.82) is 0 Å². The number of hydrogen-bond acceptors (Lipinski definition) is 5. The second-order valence-corrected chi connectivity index (χ2v) is 7.20. The van der Waals surface area contributed by atoms with Crippen molar-refractivity contribution in [2.75, 3.05) is 24.3 Å². The van der Waals surface area contributed by atoms with Crippen LogP contribution in [0.4, 0.5) is 5.69 Å². The Morgan fingerprint density at radius 3 is 2.67 bits per heavy atom. The van der Waals surface area contributed by atoms with E-state index in [0.717, 1.165) is 22.8 Å². The number of ether oxygens (including phenoxy) is 2. The Morgan fingerprint density at radius 2 is 1.85 bits per heavy atom. The molecule has 0 atom stereocenters. The van der Waals surface area contributed by atoms with Crippen molar-refractivity contribution >= 4 is 29.3 Å². The van der Waals surface area contributed by atoms with Crippen LogP contribution in [0.15, 0.2) is 47.4 Å². The molecule has 0 unspecified atom stereocenters. The highest BCUT2D eigenvalue weighted by Crippen LogP contribution is 2.34. The third-order valence-electron chi connectivity index (χ3n) is 3.95. The smallest absolute Gasteiger partial charge is 0.307 e. The molecule has 0 saturated heterocycles. The first-order chi connectivity index (χ1) is 13.1. The van der Waals surface area contributed by atoms with E-state index >= 15 is 0 Å². The lowest BCUT2D eigenvalue weighted by Crippen LogP contribution is -2.14. The summed E-state index contributed by atoms with van der Waals surface area (Å²) in [5.74, 6) is 1.03. The highest BCUT2D eigenvalue weighted by Gasteiger charge is 2.12. The average molecular weight is 387 g/mol. The maximum absolute atomic E-state index is 12.2. The Hall–Kier alpha value is -2.67. The number of amides is 1. The molecule has 0 radical (unpaired) electrons. The molecule has 0 spiro atoms. The van der Waals surface area contributed by atoms with Crippen molar-refractivity contribution in [3.8, 4) is 11.5 Å². The molecule has 3 rings (SSSR count). The van der Waals surface area contributed by atoms with Gasteiger partial charge < -0.3 is 19.9 Å². The highest BCUT2D eigenvalue weighted by atomic mass is 32.2. The van der Waals surface area contributed by atoms with Crippen LogP contribution in [0.3, 0.4) is 0 Å². The number of aliphatic carboxylic acids is 1. The van der Waals surface area contributed by atoms with Gasteiger partial charge in [-0.3, -0.25) is 9.59 Å². The van der Waals surface area contributed by atoms with E-state index in [-0.39, 0.29) is 12.3 Å². The van der Waals surface area contributed by atoms with E-state index in [1.54, 1.807) is 36.0 Å². The molecule has 0 aromatic heterocycles. The first kappa shape index (κ1) is 19.1. The fourth-order valence-electron chi connectivity index (χ4n) is 2.67. The van der Waals surface area contributed by atoms with Crippen molar-refractivity contribution in [3.05, 3.63) is 48.0 Å². The zero-order chi connectivity index (χ0) is 19.1. The number of benzene rings is 2. The quantitative estimate of drug-likeness (QED) is 0.706. The van der Waals surface area contributed by atoms with Crippen LogP contribution in [-0.2, 0) is 16.0 Å². The second-order valence-electron chi connectivity index (χ2n) is 6.03. The van der Waals surface area contributed by atoms with Crippen molar-refractivity contribution in [3.63, 3.8) is 0 Å². The number of carboxylic acids is 1. The topological polar surface area (TPSA) is 84.9 Å². The Kier molecular flexibility index (Phi) is 6.59. The van der Waals surface area contributed by atoms with Crippen molar-refractivity contribution in [1.82, 2.24) is 0 Å². The summed E-state index contributed by atoms with van der Waals surface area (Å²) in [5.41, 5.74) is 1.14. The minimum absolute atomic E-state index is 0.123. The SMILES string of the molecule is O=C(O)Cc1ccccc1NC(=O)CCSc1ccc2c(c1)OCCCO2. The first-order valence-electron chi connectivity index (χ1n) is 8.74. The van der Waals surface area contributed by atoms with E-state index in [1.165, 1.54) is 0 Å². The van der Waals surface area contributed by atoms with Gasteiger partial charge in [-0.05, 0) is 29.8 Å². The lowest BCUT2D eigenvalue weighted by molar-refractivity contribution is -0.136. The van der Waals surface area contributed by atoms with E-state index in [1.807, 2.05) is 18.2 Å². The number of carbonyl (C=O) groups is 2. The molecule has 2 aromatic rings. The van der Waals surface area contributed by atoms with Crippen LogP contribution < -0.4 is 14.8 Å². The highest BCUT2D eigenvalue weighted by molar-refractivity contribution is 7.99. The summed E-state index contributed by atoms with van der Waals surface area (Å²) < 4.78 is 11.3. The lowest BCUT2D eigenvalue weighted by atomic mass is 10.1. The number of anilines is 1. The van der Waals surface area contributed by atoms with Gasteiger partial charge in [-0.25, -0.2) is 0 Å². The molecule has 1 amide bonds. The van der Waals surface area contributed by atoms with Gasteiger partial charge in [-0.2, -0.15) is 0 Å². The van der Waals surface area contributed by atoms with Gasteiger partial charge in [-0.15, -0.1) is 11.8 Å². The molecule has 2 N–H and O–H groups in total.